The Morgan fingerprint density at radius 3 is 1.92 bits per heavy atom. The predicted molar refractivity (Wildman–Crippen MR) is 233 cm³/mol. The van der Waals surface area contributed by atoms with Gasteiger partial charge < -0.3 is 59.1 Å². The molecule has 0 bridgehead atoms. The second-order valence-electron chi connectivity index (χ2n) is 16.0. The number of carbonyl (C=O) groups excluding carboxylic acids is 8. The minimum Gasteiger partial charge on any atom is -0.480 e. The summed E-state index contributed by atoms with van der Waals surface area (Å²) in [6.07, 6.45) is 3.44. The lowest BCUT2D eigenvalue weighted by Crippen LogP contribution is -2.61. The summed E-state index contributed by atoms with van der Waals surface area (Å²) in [6.45, 7) is 6.45. The third-order valence-electron chi connectivity index (χ3n) is 10.2. The molecule has 0 saturated carbocycles. The summed E-state index contributed by atoms with van der Waals surface area (Å²) in [5, 5.41) is 25.2. The van der Waals surface area contributed by atoms with Crippen LogP contribution in [0.25, 0.3) is 0 Å². The summed E-state index contributed by atoms with van der Waals surface area (Å²) < 4.78 is 0. The second-order valence-corrected chi connectivity index (χ2v) is 17.0. The normalized spacial score (nSPS) is 16.5. The Labute approximate surface area is 367 Å². The van der Waals surface area contributed by atoms with E-state index < -0.39 is 120 Å². The Balaban J connectivity index is 2.14. The molecule has 7 atom stereocenters. The molecule has 1 saturated heterocycles. The zero-order valence-electron chi connectivity index (χ0n) is 36.3. The van der Waals surface area contributed by atoms with Gasteiger partial charge in [0.15, 0.2) is 0 Å². The van der Waals surface area contributed by atoms with Crippen LogP contribution in [0.4, 0.5) is 0 Å². The Hall–Kier alpha value is -5.28. The van der Waals surface area contributed by atoms with Crippen molar-refractivity contribution < 1.29 is 48.3 Å². The highest BCUT2D eigenvalue weighted by Gasteiger charge is 2.40. The number of primary amides is 1. The largest absolute Gasteiger partial charge is 0.480 e. The van der Waals surface area contributed by atoms with Crippen LogP contribution in [0, 0.1) is 11.8 Å². The first-order valence-electron chi connectivity index (χ1n) is 20.9. The SMILES string of the molecule is CSCC[C@H](NC(=O)[C@@H](N)Cc1ccccc1)C(=O)NCC(=O)N[C@@H](CCCCN)C(=O)N[C@H](C(=O)N[C@H](C(=O)N[C@@H](CC(N)=O)C(=O)N1CCC[C@H]1C(=O)O)C(C)C)C(C)C. The molecule has 62 heavy (non-hydrogen) atoms. The molecule has 1 aromatic rings. The van der Waals surface area contributed by atoms with Gasteiger partial charge in [-0.2, -0.15) is 11.8 Å². The Morgan fingerprint density at radius 1 is 0.774 bits per heavy atom. The third-order valence-corrected chi connectivity index (χ3v) is 10.9. The molecule has 20 nitrogen and oxygen atoms in total. The van der Waals surface area contributed by atoms with Gasteiger partial charge in [0.2, 0.25) is 47.3 Å². The fourth-order valence-electron chi connectivity index (χ4n) is 6.76. The molecular weight excluding hydrogens is 825 g/mol. The number of nitrogens with two attached hydrogens (primary N) is 3. The van der Waals surface area contributed by atoms with Crippen molar-refractivity contribution in [2.24, 2.45) is 29.0 Å². The van der Waals surface area contributed by atoms with Crippen LogP contribution in [0.1, 0.15) is 78.2 Å². The van der Waals surface area contributed by atoms with E-state index in [0.29, 0.717) is 31.6 Å². The van der Waals surface area contributed by atoms with Crippen LogP contribution < -0.4 is 49.1 Å². The number of carboxylic acids is 1. The minimum atomic E-state index is -1.50. The average Bonchev–Trinajstić information content (AvgIpc) is 3.72. The van der Waals surface area contributed by atoms with Crippen LogP contribution in [-0.4, -0.2) is 137 Å². The summed E-state index contributed by atoms with van der Waals surface area (Å²) in [4.78, 5) is 119. The van der Waals surface area contributed by atoms with Gasteiger partial charge in [-0.3, -0.25) is 38.4 Å². The Bertz CT molecular complexity index is 1700. The standard InChI is InChI=1S/C41H66N10O10S/c1-23(2)33(38(57)48-29(21-31(44)52)40(59)51-18-11-15-30(51)41(60)61)50-39(58)34(24(3)4)49-37(56)27(14-9-10-17-42)46-32(53)22-45-36(55)28(16-19-62-5)47-35(54)26(43)20-25-12-7-6-8-13-25/h6-8,12-13,23-24,26-30,33-34H,9-11,14-22,42-43H2,1-5H3,(H2,44,52)(H,45,55)(H,46,53)(H,47,54)(H,48,57)(H,49,56)(H,50,58)(H,60,61)/t26-,27-,28-,29-,30-,33-,34-/m0/s1. The van der Waals surface area contributed by atoms with Gasteiger partial charge in [0.1, 0.15) is 36.3 Å². The van der Waals surface area contributed by atoms with Crippen LogP contribution >= 0.6 is 11.8 Å². The predicted octanol–water partition coefficient (Wildman–Crippen LogP) is -1.76. The van der Waals surface area contributed by atoms with Crippen molar-refractivity contribution in [3.8, 4) is 0 Å². The number of nitrogens with one attached hydrogen (secondary N) is 6. The van der Waals surface area contributed by atoms with Crippen molar-refractivity contribution in [2.45, 2.75) is 121 Å². The maximum atomic E-state index is 13.8. The summed E-state index contributed by atoms with van der Waals surface area (Å²) in [6, 6.07) is 0.982. The average molecular weight is 891 g/mol. The molecule has 346 valence electrons. The van der Waals surface area contributed by atoms with Crippen LogP contribution in [0.3, 0.4) is 0 Å². The molecule has 1 aliphatic rings. The first kappa shape index (κ1) is 52.9. The lowest BCUT2D eigenvalue weighted by molar-refractivity contribution is -0.149. The molecule has 0 unspecified atom stereocenters. The van der Waals surface area contributed by atoms with E-state index in [0.717, 1.165) is 10.5 Å². The van der Waals surface area contributed by atoms with Gasteiger partial charge in [-0.15, -0.1) is 0 Å². The molecule has 1 aromatic carbocycles. The first-order valence-corrected chi connectivity index (χ1v) is 22.3. The molecular formula is C41H66N10O10S. The highest BCUT2D eigenvalue weighted by Crippen LogP contribution is 2.20. The number of hydrogen-bond acceptors (Lipinski definition) is 12. The molecule has 1 fully saturated rings. The zero-order valence-corrected chi connectivity index (χ0v) is 37.1. The maximum absolute atomic E-state index is 13.8. The number of aliphatic carboxylic acids is 1. The highest BCUT2D eigenvalue weighted by molar-refractivity contribution is 7.98. The Kier molecular flexibility index (Phi) is 23.0. The number of carboxylic acid groups (broad SMARTS) is 1. The van der Waals surface area contributed by atoms with Gasteiger partial charge in [-0.1, -0.05) is 58.0 Å². The van der Waals surface area contributed by atoms with Crippen molar-refractivity contribution in [1.82, 2.24) is 36.8 Å². The van der Waals surface area contributed by atoms with E-state index in [2.05, 4.69) is 31.9 Å². The van der Waals surface area contributed by atoms with Crippen molar-refractivity contribution in [1.29, 1.82) is 0 Å². The Morgan fingerprint density at radius 2 is 1.35 bits per heavy atom. The van der Waals surface area contributed by atoms with E-state index in [4.69, 9.17) is 17.2 Å². The van der Waals surface area contributed by atoms with Gasteiger partial charge in [-0.05, 0) is 80.9 Å². The number of benzene rings is 1. The number of carbonyl (C=O) groups is 9. The van der Waals surface area contributed by atoms with Crippen molar-refractivity contribution in [2.75, 3.05) is 31.6 Å². The van der Waals surface area contributed by atoms with Crippen molar-refractivity contribution in [3.05, 3.63) is 35.9 Å². The minimum absolute atomic E-state index is 0.104. The van der Waals surface area contributed by atoms with Crippen LogP contribution in [-0.2, 0) is 49.6 Å². The summed E-state index contributed by atoms with van der Waals surface area (Å²) in [5.41, 5.74) is 18.0. The number of likely N-dealkylation sites (tertiary alicyclic amines) is 1. The number of nitrogens with zero attached hydrogens (tertiary/aromatic N) is 1. The fraction of sp³-hybridized carbons (Fsp3) is 0.634. The van der Waals surface area contributed by atoms with Crippen LogP contribution in [0.5, 0.6) is 0 Å². The summed E-state index contributed by atoms with van der Waals surface area (Å²) >= 11 is 1.47. The van der Waals surface area contributed by atoms with Gasteiger partial charge in [0.05, 0.1) is 19.0 Å². The van der Waals surface area contributed by atoms with Gasteiger partial charge >= 0.3 is 5.97 Å². The first-order chi connectivity index (χ1) is 29.3. The molecule has 0 aromatic heterocycles. The summed E-state index contributed by atoms with van der Waals surface area (Å²) in [5.74, 6) is -7.70. The molecule has 0 spiro atoms. The molecule has 0 aliphatic carbocycles. The molecule has 1 aliphatic heterocycles. The van der Waals surface area contributed by atoms with Gasteiger partial charge in [0.25, 0.3) is 0 Å². The molecule has 21 heteroatoms. The number of unbranched alkanes of at least 4 members (excludes halogenated alkanes) is 1. The number of thioether (sulfide) groups is 1. The highest BCUT2D eigenvalue weighted by atomic mass is 32.2. The fourth-order valence-corrected chi connectivity index (χ4v) is 7.23. The van der Waals surface area contributed by atoms with E-state index in [1.165, 1.54) is 11.8 Å². The molecule has 13 N–H and O–H groups in total. The van der Waals surface area contributed by atoms with Crippen LogP contribution in [0.2, 0.25) is 0 Å². The van der Waals surface area contributed by atoms with E-state index in [9.17, 15) is 48.3 Å². The number of amides is 8. The van der Waals surface area contributed by atoms with Gasteiger partial charge in [-0.25, -0.2) is 4.79 Å². The summed E-state index contributed by atoms with van der Waals surface area (Å²) in [7, 11) is 0. The molecule has 0 radical (unpaired) electrons. The lowest BCUT2D eigenvalue weighted by Gasteiger charge is -2.30. The third kappa shape index (κ3) is 17.6. The van der Waals surface area contributed by atoms with Crippen molar-refractivity contribution in [3.63, 3.8) is 0 Å². The topological polar surface area (TPSA) is 327 Å². The maximum Gasteiger partial charge on any atom is 0.326 e. The molecule has 2 rings (SSSR count). The smallest absolute Gasteiger partial charge is 0.326 e. The number of rotatable bonds is 27. The second kappa shape index (κ2) is 26.9. The molecule has 8 amide bonds. The van der Waals surface area contributed by atoms with E-state index in [1.807, 2.05) is 36.6 Å². The monoisotopic (exact) mass is 890 g/mol. The van der Waals surface area contributed by atoms with E-state index in [1.54, 1.807) is 27.7 Å². The van der Waals surface area contributed by atoms with Crippen molar-refractivity contribution >= 4 is 65.0 Å². The van der Waals surface area contributed by atoms with E-state index >= 15 is 0 Å². The zero-order chi connectivity index (χ0) is 46.5. The quantitative estimate of drug-likeness (QED) is 0.0439. The number of hydrogen-bond donors (Lipinski definition) is 10. The van der Waals surface area contributed by atoms with E-state index in [-0.39, 0.29) is 32.2 Å². The van der Waals surface area contributed by atoms with Gasteiger partial charge in [0, 0.05) is 6.54 Å². The van der Waals surface area contributed by atoms with Crippen LogP contribution in [0.15, 0.2) is 30.3 Å². The lowest BCUT2D eigenvalue weighted by atomic mass is 9.98. The molecule has 1 heterocycles.